The molecular formula is C15H10N4OS. The highest BCUT2D eigenvalue weighted by molar-refractivity contribution is 7.20. The molecule has 102 valence electrons. The highest BCUT2D eigenvalue weighted by Crippen LogP contribution is 2.31. The van der Waals surface area contributed by atoms with Crippen LogP contribution in [0.15, 0.2) is 54.9 Å². The summed E-state index contributed by atoms with van der Waals surface area (Å²) in [5.74, 6) is 0.750. The number of nitrogens with zero attached hydrogens (tertiary/aromatic N) is 4. The van der Waals surface area contributed by atoms with Crippen molar-refractivity contribution in [2.24, 2.45) is 0 Å². The maximum Gasteiger partial charge on any atom is 0.213 e. The normalized spacial score (nSPS) is 11.0. The Kier molecular flexibility index (Phi) is 2.68. The zero-order valence-corrected chi connectivity index (χ0v) is 11.7. The number of aromatic hydroxyl groups is 1. The van der Waals surface area contributed by atoms with Crippen LogP contribution < -0.4 is 0 Å². The van der Waals surface area contributed by atoms with Crippen LogP contribution in [0, 0.1) is 0 Å². The van der Waals surface area contributed by atoms with E-state index in [0.29, 0.717) is 11.4 Å². The van der Waals surface area contributed by atoms with Gasteiger partial charge in [-0.15, -0.1) is 0 Å². The number of hydrogen-bond acceptors (Lipinski definition) is 5. The van der Waals surface area contributed by atoms with Gasteiger partial charge in [0.1, 0.15) is 12.1 Å². The van der Waals surface area contributed by atoms with Gasteiger partial charge in [-0.1, -0.05) is 35.6 Å². The largest absolute Gasteiger partial charge is 0.507 e. The molecule has 6 heteroatoms. The minimum Gasteiger partial charge on any atom is -0.507 e. The van der Waals surface area contributed by atoms with Crippen molar-refractivity contribution in [3.63, 3.8) is 0 Å². The van der Waals surface area contributed by atoms with E-state index in [2.05, 4.69) is 15.1 Å². The molecule has 4 rings (SSSR count). The molecule has 0 aliphatic rings. The smallest absolute Gasteiger partial charge is 0.213 e. The van der Waals surface area contributed by atoms with Gasteiger partial charge in [0, 0.05) is 0 Å². The highest BCUT2D eigenvalue weighted by atomic mass is 32.1. The molecular weight excluding hydrogens is 284 g/mol. The fourth-order valence-corrected chi connectivity index (χ4v) is 3.10. The molecule has 5 nitrogen and oxygen atoms in total. The summed E-state index contributed by atoms with van der Waals surface area (Å²) < 4.78 is 2.74. The van der Waals surface area contributed by atoms with E-state index in [4.69, 9.17) is 0 Å². The molecule has 0 aliphatic carbocycles. The van der Waals surface area contributed by atoms with Gasteiger partial charge in [0.05, 0.1) is 15.8 Å². The van der Waals surface area contributed by atoms with Gasteiger partial charge in [-0.2, -0.15) is 9.78 Å². The van der Waals surface area contributed by atoms with Gasteiger partial charge >= 0.3 is 0 Å². The van der Waals surface area contributed by atoms with E-state index in [-0.39, 0.29) is 5.75 Å². The van der Waals surface area contributed by atoms with Gasteiger partial charge in [0.25, 0.3) is 0 Å². The number of phenolic OH excluding ortho intramolecular Hbond substituents is 1. The van der Waals surface area contributed by atoms with E-state index in [0.717, 1.165) is 15.3 Å². The van der Waals surface area contributed by atoms with E-state index in [1.54, 1.807) is 16.8 Å². The van der Waals surface area contributed by atoms with Gasteiger partial charge in [-0.05, 0) is 24.3 Å². The molecule has 0 spiro atoms. The van der Waals surface area contributed by atoms with Crippen molar-refractivity contribution < 1.29 is 5.11 Å². The SMILES string of the molecule is Oc1ccccc1-c1ncnn1-c1nc2ccccc2s1. The van der Waals surface area contributed by atoms with Crippen molar-refractivity contribution in [1.82, 2.24) is 19.7 Å². The molecule has 0 aliphatic heterocycles. The van der Waals surface area contributed by atoms with Gasteiger partial charge in [0.2, 0.25) is 5.13 Å². The van der Waals surface area contributed by atoms with Crippen molar-refractivity contribution in [3.8, 4) is 22.3 Å². The minimum absolute atomic E-state index is 0.174. The molecule has 2 heterocycles. The lowest BCUT2D eigenvalue weighted by Crippen LogP contribution is -1.98. The Labute approximate surface area is 124 Å². The zero-order chi connectivity index (χ0) is 14.2. The van der Waals surface area contributed by atoms with Crippen molar-refractivity contribution in [2.45, 2.75) is 0 Å². The molecule has 4 aromatic rings. The number of thiazole rings is 1. The molecule has 0 bridgehead atoms. The Morgan fingerprint density at radius 2 is 1.81 bits per heavy atom. The van der Waals surface area contributed by atoms with Crippen LogP contribution in [0.1, 0.15) is 0 Å². The van der Waals surface area contributed by atoms with Gasteiger partial charge in [-0.3, -0.25) is 0 Å². The number of aromatic nitrogens is 4. The summed E-state index contributed by atoms with van der Waals surface area (Å²) >= 11 is 1.54. The zero-order valence-electron chi connectivity index (χ0n) is 10.8. The number of fused-ring (bicyclic) bond motifs is 1. The summed E-state index contributed by atoms with van der Waals surface area (Å²) in [6, 6.07) is 15.0. The number of benzene rings is 2. The topological polar surface area (TPSA) is 63.8 Å². The van der Waals surface area contributed by atoms with Crippen LogP contribution in [0.3, 0.4) is 0 Å². The number of phenols is 1. The quantitative estimate of drug-likeness (QED) is 0.616. The summed E-state index contributed by atoms with van der Waals surface area (Å²) in [5, 5.41) is 15.0. The first-order valence-electron chi connectivity index (χ1n) is 6.37. The fraction of sp³-hybridized carbons (Fsp3) is 0. The van der Waals surface area contributed by atoms with E-state index in [1.807, 2.05) is 36.4 Å². The molecule has 1 N–H and O–H groups in total. The lowest BCUT2D eigenvalue weighted by atomic mass is 10.2. The molecule has 0 unspecified atom stereocenters. The van der Waals surface area contributed by atoms with Gasteiger partial charge < -0.3 is 5.11 Å². The molecule has 2 aromatic heterocycles. The summed E-state index contributed by atoms with van der Waals surface area (Å²) in [6.07, 6.45) is 1.47. The second-order valence-corrected chi connectivity index (χ2v) is 5.49. The maximum absolute atomic E-state index is 10.00. The first-order valence-corrected chi connectivity index (χ1v) is 7.19. The van der Waals surface area contributed by atoms with Crippen LogP contribution in [-0.2, 0) is 0 Å². The standard InChI is InChI=1S/C15H10N4OS/c20-12-7-3-1-5-10(12)14-16-9-17-19(14)15-18-11-6-2-4-8-13(11)21-15/h1-9,20H. The van der Waals surface area contributed by atoms with Crippen LogP contribution in [0.5, 0.6) is 5.75 Å². The molecule has 0 amide bonds. The van der Waals surface area contributed by atoms with Gasteiger partial charge in [-0.25, -0.2) is 9.97 Å². The molecule has 0 saturated heterocycles. The van der Waals surface area contributed by atoms with E-state index < -0.39 is 0 Å². The minimum atomic E-state index is 0.174. The molecule has 0 atom stereocenters. The number of hydrogen-bond donors (Lipinski definition) is 1. The van der Waals surface area contributed by atoms with Crippen molar-refractivity contribution >= 4 is 21.6 Å². The summed E-state index contributed by atoms with van der Waals surface area (Å²) in [6.45, 7) is 0. The van der Waals surface area contributed by atoms with Crippen molar-refractivity contribution in [2.75, 3.05) is 0 Å². The lowest BCUT2D eigenvalue weighted by molar-refractivity contribution is 0.476. The van der Waals surface area contributed by atoms with Crippen LogP contribution in [-0.4, -0.2) is 24.9 Å². The Morgan fingerprint density at radius 1 is 1.00 bits per heavy atom. The summed E-state index contributed by atoms with van der Waals surface area (Å²) in [4.78, 5) is 8.82. The summed E-state index contributed by atoms with van der Waals surface area (Å²) in [5.41, 5.74) is 1.56. The molecule has 0 fully saturated rings. The molecule has 0 saturated carbocycles. The Bertz CT molecular complexity index is 895. The third kappa shape index (κ3) is 1.96. The van der Waals surface area contributed by atoms with Crippen LogP contribution in [0.2, 0.25) is 0 Å². The summed E-state index contributed by atoms with van der Waals surface area (Å²) in [7, 11) is 0. The average Bonchev–Trinajstić information content (AvgIpc) is 3.13. The third-order valence-corrected chi connectivity index (χ3v) is 4.17. The van der Waals surface area contributed by atoms with E-state index >= 15 is 0 Å². The second-order valence-electron chi connectivity index (χ2n) is 4.48. The monoisotopic (exact) mass is 294 g/mol. The molecule has 2 aromatic carbocycles. The highest BCUT2D eigenvalue weighted by Gasteiger charge is 2.15. The third-order valence-electron chi connectivity index (χ3n) is 3.16. The lowest BCUT2D eigenvalue weighted by Gasteiger charge is -2.04. The van der Waals surface area contributed by atoms with E-state index in [1.165, 1.54) is 17.7 Å². The van der Waals surface area contributed by atoms with Crippen LogP contribution >= 0.6 is 11.3 Å². The number of para-hydroxylation sites is 2. The van der Waals surface area contributed by atoms with Gasteiger partial charge in [0.15, 0.2) is 5.82 Å². The second kappa shape index (κ2) is 4.68. The van der Waals surface area contributed by atoms with Crippen LogP contribution in [0.4, 0.5) is 0 Å². The van der Waals surface area contributed by atoms with Crippen molar-refractivity contribution in [1.29, 1.82) is 0 Å². The van der Waals surface area contributed by atoms with E-state index in [9.17, 15) is 5.11 Å². The van der Waals surface area contributed by atoms with Crippen LogP contribution in [0.25, 0.3) is 26.7 Å². The van der Waals surface area contributed by atoms with Crippen molar-refractivity contribution in [3.05, 3.63) is 54.9 Å². The first-order chi connectivity index (χ1) is 10.3. The molecule has 0 radical (unpaired) electrons. The fourth-order valence-electron chi connectivity index (χ4n) is 2.18. The Hall–Kier alpha value is -2.73. The predicted molar refractivity (Wildman–Crippen MR) is 81.6 cm³/mol. The first kappa shape index (κ1) is 12.0. The Morgan fingerprint density at radius 3 is 2.67 bits per heavy atom. The molecule has 21 heavy (non-hydrogen) atoms. The maximum atomic E-state index is 10.00. The predicted octanol–water partition coefficient (Wildman–Crippen LogP) is 3.25. The number of rotatable bonds is 2. The average molecular weight is 294 g/mol. The Balaban J connectivity index is 1.91.